The van der Waals surface area contributed by atoms with Crippen LogP contribution in [0.4, 0.5) is 0 Å². The van der Waals surface area contributed by atoms with Gasteiger partial charge in [0.05, 0.1) is 7.11 Å². The molecule has 1 heterocycles. The molecular formula is C13H11NO4. The number of carboxylic acids is 1. The van der Waals surface area contributed by atoms with Crippen molar-refractivity contribution >= 4 is 5.97 Å². The zero-order valence-corrected chi connectivity index (χ0v) is 9.66. The van der Waals surface area contributed by atoms with Crippen molar-refractivity contribution in [1.82, 2.24) is 4.98 Å². The molecule has 0 saturated heterocycles. The fourth-order valence-corrected chi connectivity index (χ4v) is 1.45. The van der Waals surface area contributed by atoms with E-state index in [2.05, 4.69) is 4.98 Å². The molecule has 1 N–H and O–H groups in total. The Labute approximate surface area is 104 Å². The van der Waals surface area contributed by atoms with Gasteiger partial charge in [-0.3, -0.25) is 4.98 Å². The first-order valence-corrected chi connectivity index (χ1v) is 5.20. The van der Waals surface area contributed by atoms with Crippen molar-refractivity contribution in [3.05, 3.63) is 48.3 Å². The molecule has 92 valence electrons. The third-order valence-electron chi connectivity index (χ3n) is 2.30. The first-order valence-electron chi connectivity index (χ1n) is 5.20. The Morgan fingerprint density at radius 3 is 2.56 bits per heavy atom. The first kappa shape index (κ1) is 11.9. The third kappa shape index (κ3) is 2.40. The second kappa shape index (κ2) is 5.18. The number of hydrogen-bond acceptors (Lipinski definition) is 4. The van der Waals surface area contributed by atoms with E-state index in [0.717, 1.165) is 0 Å². The summed E-state index contributed by atoms with van der Waals surface area (Å²) >= 11 is 0. The number of aromatic nitrogens is 1. The van der Waals surface area contributed by atoms with Gasteiger partial charge in [0.1, 0.15) is 11.3 Å². The van der Waals surface area contributed by atoms with Crippen molar-refractivity contribution in [3.63, 3.8) is 0 Å². The standard InChI is InChI=1S/C13H11NO4/c1-17-11-4-2-3-5-12(11)18-10-6-7-14-8-9(10)13(15)16/h2-8H,1H3,(H,15,16). The van der Waals surface area contributed by atoms with E-state index in [1.165, 1.54) is 25.6 Å². The minimum Gasteiger partial charge on any atom is -0.493 e. The molecule has 0 saturated carbocycles. The van der Waals surface area contributed by atoms with E-state index in [1.807, 2.05) is 0 Å². The Hall–Kier alpha value is -2.56. The highest BCUT2D eigenvalue weighted by Crippen LogP contribution is 2.32. The first-order chi connectivity index (χ1) is 8.72. The van der Waals surface area contributed by atoms with Crippen LogP contribution in [0.2, 0.25) is 0 Å². The maximum absolute atomic E-state index is 11.0. The van der Waals surface area contributed by atoms with Crippen LogP contribution in [0, 0.1) is 0 Å². The third-order valence-corrected chi connectivity index (χ3v) is 2.30. The Morgan fingerprint density at radius 1 is 1.17 bits per heavy atom. The summed E-state index contributed by atoms with van der Waals surface area (Å²) in [5.74, 6) is 0.120. The molecule has 1 aromatic heterocycles. The van der Waals surface area contributed by atoms with Gasteiger partial charge in [0.25, 0.3) is 0 Å². The molecule has 0 radical (unpaired) electrons. The van der Waals surface area contributed by atoms with E-state index in [4.69, 9.17) is 14.6 Å². The molecule has 0 spiro atoms. The van der Waals surface area contributed by atoms with Crippen LogP contribution in [0.1, 0.15) is 10.4 Å². The maximum Gasteiger partial charge on any atom is 0.341 e. The number of nitrogens with zero attached hydrogens (tertiary/aromatic N) is 1. The minimum absolute atomic E-state index is 0.00315. The highest BCUT2D eigenvalue weighted by atomic mass is 16.5. The van der Waals surface area contributed by atoms with Crippen LogP contribution >= 0.6 is 0 Å². The molecule has 1 aromatic carbocycles. The monoisotopic (exact) mass is 245 g/mol. The van der Waals surface area contributed by atoms with Crippen molar-refractivity contribution in [1.29, 1.82) is 0 Å². The highest BCUT2D eigenvalue weighted by molar-refractivity contribution is 5.90. The molecule has 2 aromatic rings. The lowest BCUT2D eigenvalue weighted by Crippen LogP contribution is -2.01. The summed E-state index contributed by atoms with van der Waals surface area (Å²) in [7, 11) is 1.52. The van der Waals surface area contributed by atoms with E-state index in [-0.39, 0.29) is 11.3 Å². The maximum atomic E-state index is 11.0. The largest absolute Gasteiger partial charge is 0.493 e. The SMILES string of the molecule is COc1ccccc1Oc1ccncc1C(=O)O. The van der Waals surface area contributed by atoms with Crippen LogP contribution in [-0.4, -0.2) is 23.2 Å². The van der Waals surface area contributed by atoms with Crippen molar-refractivity contribution in [2.45, 2.75) is 0 Å². The van der Waals surface area contributed by atoms with Crippen molar-refractivity contribution < 1.29 is 19.4 Å². The van der Waals surface area contributed by atoms with Crippen molar-refractivity contribution in [2.75, 3.05) is 7.11 Å². The molecule has 0 unspecified atom stereocenters. The Bertz CT molecular complexity index is 568. The molecular weight excluding hydrogens is 234 g/mol. The van der Waals surface area contributed by atoms with E-state index >= 15 is 0 Å². The Morgan fingerprint density at radius 2 is 1.89 bits per heavy atom. The van der Waals surface area contributed by atoms with Crippen LogP contribution in [-0.2, 0) is 0 Å². The average Bonchev–Trinajstić information content (AvgIpc) is 2.40. The molecule has 5 nitrogen and oxygen atoms in total. The number of ether oxygens (including phenoxy) is 2. The second-order valence-electron chi connectivity index (χ2n) is 3.43. The minimum atomic E-state index is -1.09. The number of aromatic carboxylic acids is 1. The summed E-state index contributed by atoms with van der Waals surface area (Å²) in [4.78, 5) is 14.8. The van der Waals surface area contributed by atoms with Crippen LogP contribution < -0.4 is 9.47 Å². The number of para-hydroxylation sites is 2. The number of hydrogen-bond donors (Lipinski definition) is 1. The van der Waals surface area contributed by atoms with Crippen LogP contribution in [0.5, 0.6) is 17.2 Å². The molecule has 5 heteroatoms. The van der Waals surface area contributed by atoms with Gasteiger partial charge in [-0.1, -0.05) is 12.1 Å². The van der Waals surface area contributed by atoms with Gasteiger partial charge >= 0.3 is 5.97 Å². The molecule has 2 rings (SSSR count). The molecule has 0 aliphatic heterocycles. The van der Waals surface area contributed by atoms with Crippen LogP contribution in [0.15, 0.2) is 42.7 Å². The molecule has 0 amide bonds. The molecule has 0 aliphatic carbocycles. The smallest absolute Gasteiger partial charge is 0.341 e. The van der Waals surface area contributed by atoms with E-state index < -0.39 is 5.97 Å². The number of carboxylic acid groups (broad SMARTS) is 1. The predicted molar refractivity (Wildman–Crippen MR) is 64.3 cm³/mol. The molecule has 0 aliphatic rings. The van der Waals surface area contributed by atoms with Gasteiger partial charge in [0, 0.05) is 18.5 Å². The number of rotatable bonds is 4. The van der Waals surface area contributed by atoms with E-state index in [0.29, 0.717) is 11.5 Å². The Balaban J connectivity index is 2.37. The normalized spacial score (nSPS) is 9.83. The highest BCUT2D eigenvalue weighted by Gasteiger charge is 2.13. The van der Waals surface area contributed by atoms with Gasteiger partial charge in [0.15, 0.2) is 11.5 Å². The lowest BCUT2D eigenvalue weighted by atomic mass is 10.2. The van der Waals surface area contributed by atoms with Gasteiger partial charge in [-0.05, 0) is 12.1 Å². The lowest BCUT2D eigenvalue weighted by Gasteiger charge is -2.11. The molecule has 18 heavy (non-hydrogen) atoms. The topological polar surface area (TPSA) is 68.7 Å². The number of methoxy groups -OCH3 is 1. The zero-order valence-electron chi connectivity index (χ0n) is 9.66. The van der Waals surface area contributed by atoms with Gasteiger partial charge in [-0.2, -0.15) is 0 Å². The van der Waals surface area contributed by atoms with Crippen molar-refractivity contribution in [2.24, 2.45) is 0 Å². The fraction of sp³-hybridized carbons (Fsp3) is 0.0769. The summed E-state index contributed by atoms with van der Waals surface area (Å²) in [6.45, 7) is 0. The molecule has 0 bridgehead atoms. The zero-order chi connectivity index (χ0) is 13.0. The number of pyridine rings is 1. The van der Waals surface area contributed by atoms with Crippen LogP contribution in [0.3, 0.4) is 0 Å². The summed E-state index contributed by atoms with van der Waals surface area (Å²) in [6, 6.07) is 8.51. The van der Waals surface area contributed by atoms with E-state index in [1.54, 1.807) is 24.3 Å². The van der Waals surface area contributed by atoms with Gasteiger partial charge in [-0.15, -0.1) is 0 Å². The Kier molecular flexibility index (Phi) is 3.43. The molecule has 0 fully saturated rings. The summed E-state index contributed by atoms with van der Waals surface area (Å²) in [5, 5.41) is 9.02. The quantitative estimate of drug-likeness (QED) is 0.896. The second-order valence-corrected chi connectivity index (χ2v) is 3.43. The number of carbonyl (C=O) groups is 1. The summed E-state index contributed by atoms with van der Waals surface area (Å²) in [6.07, 6.45) is 2.71. The predicted octanol–water partition coefficient (Wildman–Crippen LogP) is 2.58. The van der Waals surface area contributed by atoms with Gasteiger partial charge < -0.3 is 14.6 Å². The van der Waals surface area contributed by atoms with Gasteiger partial charge in [-0.25, -0.2) is 4.79 Å². The average molecular weight is 245 g/mol. The van der Waals surface area contributed by atoms with Gasteiger partial charge in [0.2, 0.25) is 0 Å². The van der Waals surface area contributed by atoms with Crippen LogP contribution in [0.25, 0.3) is 0 Å². The summed E-state index contributed by atoms with van der Waals surface area (Å²) < 4.78 is 10.7. The summed E-state index contributed by atoms with van der Waals surface area (Å²) in [5.41, 5.74) is 0.00315. The molecule has 0 atom stereocenters. The van der Waals surface area contributed by atoms with E-state index in [9.17, 15) is 4.79 Å². The lowest BCUT2D eigenvalue weighted by molar-refractivity contribution is 0.0693. The number of benzene rings is 1. The fourth-order valence-electron chi connectivity index (χ4n) is 1.45. The van der Waals surface area contributed by atoms with Crippen molar-refractivity contribution in [3.8, 4) is 17.2 Å².